The van der Waals surface area contributed by atoms with Crippen molar-refractivity contribution in [2.75, 3.05) is 4.90 Å². The van der Waals surface area contributed by atoms with Crippen LogP contribution in [0.3, 0.4) is 0 Å². The van der Waals surface area contributed by atoms with Crippen molar-refractivity contribution in [3.63, 3.8) is 0 Å². The number of hydrogen-bond acceptors (Lipinski definition) is 2. The molecular weight excluding hydrogens is 715 g/mol. The molecule has 280 valence electrons. The Kier molecular flexibility index (Phi) is 8.20. The summed E-state index contributed by atoms with van der Waals surface area (Å²) in [7, 11) is 0. The van der Waals surface area contributed by atoms with Crippen LogP contribution >= 0.6 is 0 Å². The molecule has 0 radical (unpaired) electrons. The van der Waals surface area contributed by atoms with Crippen molar-refractivity contribution < 1.29 is 4.42 Å². The number of fused-ring (bicyclic) bond motifs is 6. The van der Waals surface area contributed by atoms with Gasteiger partial charge in [0.25, 0.3) is 0 Å². The fourth-order valence-corrected chi connectivity index (χ4v) is 9.49. The van der Waals surface area contributed by atoms with E-state index in [4.69, 9.17) is 4.42 Å². The van der Waals surface area contributed by atoms with Gasteiger partial charge in [0.2, 0.25) is 0 Å². The van der Waals surface area contributed by atoms with Gasteiger partial charge in [-0.1, -0.05) is 190 Å². The quantitative estimate of drug-likeness (QED) is 0.161. The Bertz CT molecular complexity index is 3190. The van der Waals surface area contributed by atoms with E-state index in [2.05, 4.69) is 225 Å². The van der Waals surface area contributed by atoms with Crippen LogP contribution in [0.2, 0.25) is 0 Å². The van der Waals surface area contributed by atoms with Crippen LogP contribution in [0.5, 0.6) is 0 Å². The Labute approximate surface area is 345 Å². The summed E-state index contributed by atoms with van der Waals surface area (Å²) >= 11 is 0. The van der Waals surface area contributed by atoms with Gasteiger partial charge in [-0.25, -0.2) is 0 Å². The molecule has 1 heterocycles. The molecule has 59 heavy (non-hydrogen) atoms. The Morgan fingerprint density at radius 3 is 1.71 bits per heavy atom. The number of rotatable bonds is 7. The monoisotopic (exact) mass is 755 g/mol. The van der Waals surface area contributed by atoms with Crippen LogP contribution in [0.15, 0.2) is 217 Å². The van der Waals surface area contributed by atoms with Gasteiger partial charge in [0, 0.05) is 27.4 Å². The van der Waals surface area contributed by atoms with Crippen LogP contribution in [0.25, 0.3) is 77.6 Å². The molecule has 1 aliphatic rings. The summed E-state index contributed by atoms with van der Waals surface area (Å²) in [5, 5.41) is 2.20. The van der Waals surface area contributed by atoms with Crippen molar-refractivity contribution in [1.29, 1.82) is 0 Å². The maximum atomic E-state index is 6.83. The first kappa shape index (κ1) is 34.8. The van der Waals surface area contributed by atoms with Crippen molar-refractivity contribution in [2.24, 2.45) is 0 Å². The molecule has 0 N–H and O–H groups in total. The third kappa shape index (κ3) is 5.71. The SMILES string of the molecule is CC1(C)c2ccccc2-c2c(-c3cccc(N(c4cccc(-c5cccc(-c6ccccc6)c5)c4)c4cccc5c4oc4ccccc45)c3-c3ccccc3)cccc21. The second-order valence-corrected chi connectivity index (χ2v) is 16.0. The molecule has 0 spiro atoms. The summed E-state index contributed by atoms with van der Waals surface area (Å²) in [5.74, 6) is 0. The first-order chi connectivity index (χ1) is 29.0. The highest BCUT2D eigenvalue weighted by molar-refractivity contribution is 6.11. The average Bonchev–Trinajstić information content (AvgIpc) is 3.80. The van der Waals surface area contributed by atoms with Gasteiger partial charge < -0.3 is 9.32 Å². The van der Waals surface area contributed by atoms with E-state index >= 15 is 0 Å². The summed E-state index contributed by atoms with van der Waals surface area (Å²) in [4.78, 5) is 2.42. The van der Waals surface area contributed by atoms with Gasteiger partial charge in [-0.2, -0.15) is 0 Å². The number of furan rings is 1. The zero-order chi connectivity index (χ0) is 39.5. The first-order valence-corrected chi connectivity index (χ1v) is 20.4. The van der Waals surface area contributed by atoms with Crippen LogP contribution in [0.1, 0.15) is 25.0 Å². The molecule has 0 amide bonds. The number of benzene rings is 9. The molecule has 0 unspecified atom stereocenters. The summed E-state index contributed by atoms with van der Waals surface area (Å²) in [6.45, 7) is 4.71. The largest absolute Gasteiger partial charge is 0.454 e. The molecule has 0 atom stereocenters. The van der Waals surface area contributed by atoms with Crippen molar-refractivity contribution in [2.45, 2.75) is 19.3 Å². The van der Waals surface area contributed by atoms with Crippen molar-refractivity contribution in [1.82, 2.24) is 0 Å². The highest BCUT2D eigenvalue weighted by atomic mass is 16.3. The maximum absolute atomic E-state index is 6.83. The standard InChI is InChI=1S/C57H41NO/c1-57(2)49-31-11-9-27-48(49)55-46(28-15-32-50(55)57)45-29-16-33-51(54(45)39-20-7-4-8-21-39)58(52-34-17-30-47-44-26-10-12-35-53(44)59-56(47)52)43-25-14-24-42(37-43)41-23-13-22-40(36-41)38-18-5-3-6-19-38/h3-37H,1-2H3. The van der Waals surface area contributed by atoms with E-state index in [1.54, 1.807) is 0 Å². The second-order valence-electron chi connectivity index (χ2n) is 16.0. The van der Waals surface area contributed by atoms with Gasteiger partial charge in [-0.05, 0) is 97.6 Å². The minimum atomic E-state index is -0.117. The van der Waals surface area contributed by atoms with E-state index in [9.17, 15) is 0 Å². The Hall–Kier alpha value is -7.42. The Morgan fingerprint density at radius 1 is 0.373 bits per heavy atom. The van der Waals surface area contributed by atoms with Crippen LogP contribution in [0, 0.1) is 0 Å². The van der Waals surface area contributed by atoms with Gasteiger partial charge in [0.1, 0.15) is 5.58 Å². The molecule has 9 aromatic carbocycles. The van der Waals surface area contributed by atoms with Crippen LogP contribution in [-0.4, -0.2) is 0 Å². The molecule has 0 aliphatic heterocycles. The number of hydrogen-bond donors (Lipinski definition) is 0. The molecule has 10 aromatic rings. The lowest BCUT2D eigenvalue weighted by Gasteiger charge is -2.30. The third-order valence-electron chi connectivity index (χ3n) is 12.3. The van der Waals surface area contributed by atoms with Gasteiger partial charge in [-0.3, -0.25) is 0 Å². The lowest BCUT2D eigenvalue weighted by atomic mass is 9.81. The van der Waals surface area contributed by atoms with Crippen molar-refractivity contribution in [3.05, 3.63) is 223 Å². The van der Waals surface area contributed by atoms with E-state index in [1.165, 1.54) is 44.5 Å². The van der Waals surface area contributed by atoms with Gasteiger partial charge in [0.15, 0.2) is 5.58 Å². The van der Waals surface area contributed by atoms with Crippen LogP contribution < -0.4 is 4.90 Å². The topological polar surface area (TPSA) is 16.4 Å². The number of nitrogens with zero attached hydrogens (tertiary/aromatic N) is 1. The van der Waals surface area contributed by atoms with E-state index < -0.39 is 0 Å². The van der Waals surface area contributed by atoms with Gasteiger partial charge in [0.05, 0.1) is 11.4 Å². The minimum Gasteiger partial charge on any atom is -0.454 e. The lowest BCUT2D eigenvalue weighted by Crippen LogP contribution is -2.14. The maximum Gasteiger partial charge on any atom is 0.159 e. The smallest absolute Gasteiger partial charge is 0.159 e. The number of anilines is 3. The zero-order valence-electron chi connectivity index (χ0n) is 33.1. The Balaban J connectivity index is 1.19. The van der Waals surface area contributed by atoms with Gasteiger partial charge in [-0.15, -0.1) is 0 Å². The molecule has 2 heteroatoms. The predicted molar refractivity (Wildman–Crippen MR) is 248 cm³/mol. The molecular formula is C57H41NO. The van der Waals surface area contributed by atoms with Crippen LogP contribution in [-0.2, 0) is 5.41 Å². The van der Waals surface area contributed by atoms with Crippen molar-refractivity contribution in [3.8, 4) is 55.6 Å². The van der Waals surface area contributed by atoms with Crippen molar-refractivity contribution >= 4 is 39.0 Å². The highest BCUT2D eigenvalue weighted by Gasteiger charge is 2.37. The summed E-state index contributed by atoms with van der Waals surface area (Å²) < 4.78 is 6.83. The summed E-state index contributed by atoms with van der Waals surface area (Å²) in [6, 6.07) is 76.8. The zero-order valence-corrected chi connectivity index (χ0v) is 33.1. The van der Waals surface area contributed by atoms with E-state index in [0.29, 0.717) is 0 Å². The fourth-order valence-electron chi connectivity index (χ4n) is 9.49. The summed E-state index contributed by atoms with van der Waals surface area (Å²) in [6.07, 6.45) is 0. The first-order valence-electron chi connectivity index (χ1n) is 20.4. The van der Waals surface area contributed by atoms with E-state index in [0.717, 1.165) is 61.3 Å². The molecule has 1 aromatic heterocycles. The fraction of sp³-hybridized carbons (Fsp3) is 0.0526. The minimum absolute atomic E-state index is 0.117. The predicted octanol–water partition coefficient (Wildman–Crippen LogP) is 16.0. The lowest BCUT2D eigenvalue weighted by molar-refractivity contribution is 0.660. The summed E-state index contributed by atoms with van der Waals surface area (Å²) in [5.41, 5.74) is 19.5. The molecule has 1 aliphatic carbocycles. The van der Waals surface area contributed by atoms with Crippen LogP contribution in [0.4, 0.5) is 17.1 Å². The molecule has 0 saturated carbocycles. The highest BCUT2D eigenvalue weighted by Crippen LogP contribution is 2.55. The second kappa shape index (κ2) is 13.9. The third-order valence-corrected chi connectivity index (χ3v) is 12.3. The molecule has 11 rings (SSSR count). The average molecular weight is 756 g/mol. The molecule has 0 bridgehead atoms. The van der Waals surface area contributed by atoms with E-state index in [1.807, 2.05) is 6.07 Å². The number of para-hydroxylation sites is 2. The van der Waals surface area contributed by atoms with E-state index in [-0.39, 0.29) is 5.41 Å². The molecule has 0 fully saturated rings. The molecule has 2 nitrogen and oxygen atoms in total. The van der Waals surface area contributed by atoms with Gasteiger partial charge >= 0.3 is 0 Å². The normalized spacial score (nSPS) is 12.7. The Morgan fingerprint density at radius 2 is 0.898 bits per heavy atom. The molecule has 0 saturated heterocycles.